The number of amides is 1. The number of ketones is 1. The third-order valence-corrected chi connectivity index (χ3v) is 3.80. The van der Waals surface area contributed by atoms with Crippen molar-refractivity contribution in [2.24, 2.45) is 0 Å². The minimum absolute atomic E-state index is 0.0540. The molecule has 0 radical (unpaired) electrons. The van der Waals surface area contributed by atoms with E-state index in [-0.39, 0.29) is 11.7 Å². The second-order valence-electron chi connectivity index (χ2n) is 4.48. The summed E-state index contributed by atoms with van der Waals surface area (Å²) in [4.78, 5) is 22.3. The van der Waals surface area contributed by atoms with Gasteiger partial charge in [0, 0.05) is 6.54 Å². The average Bonchev–Trinajstić information content (AvgIpc) is 2.46. The molecular weight excluding hydrogens is 290 g/mol. The van der Waals surface area contributed by atoms with Crippen molar-refractivity contribution in [3.8, 4) is 11.5 Å². The van der Waals surface area contributed by atoms with Crippen molar-refractivity contribution in [1.82, 2.24) is 5.32 Å². The molecule has 0 bridgehead atoms. The zero-order valence-corrected chi connectivity index (χ0v) is 13.4. The number of benzene rings is 1. The first-order valence-corrected chi connectivity index (χ1v) is 7.77. The molecule has 0 aliphatic carbocycles. The molecule has 116 valence electrons. The van der Waals surface area contributed by atoms with Crippen LogP contribution in [0.5, 0.6) is 11.5 Å². The quantitative estimate of drug-likeness (QED) is 0.752. The highest BCUT2D eigenvalue weighted by atomic mass is 32.2. The molecular formula is C15H21NO4S. The van der Waals surface area contributed by atoms with Gasteiger partial charge in [-0.15, -0.1) is 11.8 Å². The SMILES string of the molecule is COc1ccc(CCNC(=O)CSCC(C)=O)cc1OC. The summed E-state index contributed by atoms with van der Waals surface area (Å²) >= 11 is 1.33. The van der Waals surface area contributed by atoms with E-state index in [1.807, 2.05) is 18.2 Å². The number of hydrogen-bond donors (Lipinski definition) is 1. The summed E-state index contributed by atoms with van der Waals surface area (Å²) in [6.07, 6.45) is 0.712. The molecule has 0 spiro atoms. The number of thioether (sulfide) groups is 1. The third-order valence-electron chi connectivity index (χ3n) is 2.72. The fraction of sp³-hybridized carbons (Fsp3) is 0.467. The number of methoxy groups -OCH3 is 2. The lowest BCUT2D eigenvalue weighted by atomic mass is 10.1. The van der Waals surface area contributed by atoms with E-state index in [9.17, 15) is 9.59 Å². The predicted molar refractivity (Wildman–Crippen MR) is 84.3 cm³/mol. The van der Waals surface area contributed by atoms with Gasteiger partial charge in [-0.25, -0.2) is 0 Å². The number of nitrogens with one attached hydrogen (secondary N) is 1. The van der Waals surface area contributed by atoms with Crippen molar-refractivity contribution in [1.29, 1.82) is 0 Å². The van der Waals surface area contributed by atoms with Crippen molar-refractivity contribution in [2.45, 2.75) is 13.3 Å². The minimum Gasteiger partial charge on any atom is -0.493 e. The highest BCUT2D eigenvalue weighted by molar-refractivity contribution is 8.00. The van der Waals surface area contributed by atoms with Crippen LogP contribution in [0.25, 0.3) is 0 Å². The standard InChI is InChI=1S/C15H21NO4S/c1-11(17)9-21-10-15(18)16-7-6-12-4-5-13(19-2)14(8-12)20-3/h4-5,8H,6-7,9-10H2,1-3H3,(H,16,18). The van der Waals surface area contributed by atoms with Gasteiger partial charge in [0.25, 0.3) is 0 Å². The maximum absolute atomic E-state index is 11.6. The van der Waals surface area contributed by atoms with E-state index >= 15 is 0 Å². The highest BCUT2D eigenvalue weighted by Crippen LogP contribution is 2.27. The summed E-state index contributed by atoms with van der Waals surface area (Å²) in [6.45, 7) is 2.07. The Morgan fingerprint density at radius 2 is 1.86 bits per heavy atom. The van der Waals surface area contributed by atoms with Crippen molar-refractivity contribution in [3.05, 3.63) is 23.8 Å². The lowest BCUT2D eigenvalue weighted by Gasteiger charge is -2.10. The first kappa shape index (κ1) is 17.4. The molecule has 21 heavy (non-hydrogen) atoms. The molecule has 1 N–H and O–H groups in total. The van der Waals surface area contributed by atoms with Crippen LogP contribution in [0.2, 0.25) is 0 Å². The molecule has 1 aromatic carbocycles. The monoisotopic (exact) mass is 311 g/mol. The molecule has 0 aromatic heterocycles. The fourth-order valence-corrected chi connectivity index (χ4v) is 2.40. The molecule has 0 saturated heterocycles. The van der Waals surface area contributed by atoms with Gasteiger partial charge < -0.3 is 14.8 Å². The van der Waals surface area contributed by atoms with Crippen molar-refractivity contribution >= 4 is 23.5 Å². The van der Waals surface area contributed by atoms with Gasteiger partial charge in [0.05, 0.1) is 25.7 Å². The van der Waals surface area contributed by atoms with Crippen LogP contribution in [0.15, 0.2) is 18.2 Å². The molecule has 1 rings (SSSR count). The van der Waals surface area contributed by atoms with Crippen LogP contribution < -0.4 is 14.8 Å². The Morgan fingerprint density at radius 3 is 2.48 bits per heavy atom. The molecule has 6 heteroatoms. The Bertz CT molecular complexity index is 491. The van der Waals surface area contributed by atoms with Crippen LogP contribution in [-0.4, -0.2) is 44.0 Å². The maximum atomic E-state index is 11.6. The summed E-state index contributed by atoms with van der Waals surface area (Å²) in [5, 5.41) is 2.83. The Labute approximate surface area is 129 Å². The van der Waals surface area contributed by atoms with E-state index in [0.717, 1.165) is 5.56 Å². The molecule has 0 unspecified atom stereocenters. The normalized spacial score (nSPS) is 10.0. The summed E-state index contributed by atoms with van der Waals surface area (Å²) < 4.78 is 10.4. The molecule has 0 heterocycles. The molecule has 1 amide bonds. The fourth-order valence-electron chi connectivity index (χ4n) is 1.72. The number of ether oxygens (including phenoxy) is 2. The van der Waals surface area contributed by atoms with Crippen LogP contribution in [0.1, 0.15) is 12.5 Å². The lowest BCUT2D eigenvalue weighted by Crippen LogP contribution is -2.27. The summed E-state index contributed by atoms with van der Waals surface area (Å²) in [6, 6.07) is 5.69. The molecule has 0 atom stereocenters. The van der Waals surface area contributed by atoms with E-state index in [4.69, 9.17) is 9.47 Å². The Kier molecular flexibility index (Phi) is 7.68. The zero-order valence-electron chi connectivity index (χ0n) is 12.6. The predicted octanol–water partition coefficient (Wildman–Crippen LogP) is 1.68. The van der Waals surface area contributed by atoms with Gasteiger partial charge >= 0.3 is 0 Å². The second-order valence-corrected chi connectivity index (χ2v) is 5.47. The van der Waals surface area contributed by atoms with Crippen LogP contribution >= 0.6 is 11.8 Å². The van der Waals surface area contributed by atoms with Gasteiger partial charge in [-0.05, 0) is 31.0 Å². The topological polar surface area (TPSA) is 64.6 Å². The van der Waals surface area contributed by atoms with E-state index in [1.165, 1.54) is 18.7 Å². The number of rotatable bonds is 9. The molecule has 1 aromatic rings. The van der Waals surface area contributed by atoms with Gasteiger partial charge in [0.1, 0.15) is 5.78 Å². The Hall–Kier alpha value is -1.69. The van der Waals surface area contributed by atoms with Gasteiger partial charge in [-0.1, -0.05) is 6.07 Å². The second kappa shape index (κ2) is 9.28. The first-order chi connectivity index (χ1) is 10.1. The smallest absolute Gasteiger partial charge is 0.230 e. The number of carbonyl (C=O) groups is 2. The summed E-state index contributed by atoms with van der Waals surface area (Å²) in [5.41, 5.74) is 1.06. The lowest BCUT2D eigenvalue weighted by molar-refractivity contribution is -0.118. The first-order valence-electron chi connectivity index (χ1n) is 6.61. The van der Waals surface area contributed by atoms with E-state index in [0.29, 0.717) is 36.0 Å². The molecule has 0 fully saturated rings. The van der Waals surface area contributed by atoms with Gasteiger partial charge in [0.15, 0.2) is 11.5 Å². The average molecular weight is 311 g/mol. The minimum atomic E-state index is -0.0540. The third kappa shape index (κ3) is 6.53. The van der Waals surface area contributed by atoms with Crippen LogP contribution in [0, 0.1) is 0 Å². The van der Waals surface area contributed by atoms with Gasteiger partial charge in [0.2, 0.25) is 5.91 Å². The van der Waals surface area contributed by atoms with Gasteiger partial charge in [-0.2, -0.15) is 0 Å². The highest BCUT2D eigenvalue weighted by Gasteiger charge is 2.06. The van der Waals surface area contributed by atoms with Gasteiger partial charge in [-0.3, -0.25) is 9.59 Å². The summed E-state index contributed by atoms with van der Waals surface area (Å²) in [7, 11) is 3.19. The maximum Gasteiger partial charge on any atom is 0.230 e. The Balaban J connectivity index is 2.35. The van der Waals surface area contributed by atoms with E-state index in [2.05, 4.69) is 5.32 Å². The van der Waals surface area contributed by atoms with Crippen molar-refractivity contribution in [3.63, 3.8) is 0 Å². The van der Waals surface area contributed by atoms with Crippen molar-refractivity contribution in [2.75, 3.05) is 32.3 Å². The van der Waals surface area contributed by atoms with Crippen LogP contribution in [0.4, 0.5) is 0 Å². The van der Waals surface area contributed by atoms with Crippen LogP contribution in [0.3, 0.4) is 0 Å². The molecule has 0 saturated carbocycles. The zero-order chi connectivity index (χ0) is 15.7. The van der Waals surface area contributed by atoms with E-state index in [1.54, 1.807) is 14.2 Å². The molecule has 0 aliphatic heterocycles. The van der Waals surface area contributed by atoms with Crippen LogP contribution in [-0.2, 0) is 16.0 Å². The van der Waals surface area contributed by atoms with Crippen molar-refractivity contribution < 1.29 is 19.1 Å². The molecule has 5 nitrogen and oxygen atoms in total. The number of hydrogen-bond acceptors (Lipinski definition) is 5. The number of Topliss-reactive ketones (excluding diaryl/α,β-unsaturated/α-hetero) is 1. The largest absolute Gasteiger partial charge is 0.493 e. The Morgan fingerprint density at radius 1 is 1.14 bits per heavy atom. The summed E-state index contributed by atoms with van der Waals surface area (Å²) in [5.74, 6) is 2.08. The van der Waals surface area contributed by atoms with E-state index < -0.39 is 0 Å². The molecule has 0 aliphatic rings. The number of carbonyl (C=O) groups excluding carboxylic acids is 2.